The number of H-pyrrole nitrogens is 2. The molecular weight excluding hydrogens is 635 g/mol. The Morgan fingerprint density at radius 3 is 2.51 bits per heavy atom. The van der Waals surface area contributed by atoms with E-state index in [4.69, 9.17) is 15.1 Å². The van der Waals surface area contributed by atoms with Crippen molar-refractivity contribution in [1.82, 2.24) is 34.4 Å². The van der Waals surface area contributed by atoms with Crippen molar-refractivity contribution >= 4 is 56.4 Å². The van der Waals surface area contributed by atoms with Crippen molar-refractivity contribution in [2.45, 2.75) is 6.42 Å². The number of anilines is 4. The summed E-state index contributed by atoms with van der Waals surface area (Å²) in [6.45, 7) is 4.98. The Hall–Kier alpha value is -6.33. The molecule has 51 heavy (non-hydrogen) atoms. The van der Waals surface area contributed by atoms with Crippen LogP contribution in [0.1, 0.15) is 5.56 Å². The number of aromatic nitrogens is 6. The molecule has 0 aliphatic carbocycles. The number of hydrogen-bond acceptors (Lipinski definition) is 7. The van der Waals surface area contributed by atoms with Gasteiger partial charge < -0.3 is 24.7 Å². The zero-order valence-corrected chi connectivity index (χ0v) is 27.9. The van der Waals surface area contributed by atoms with Crippen molar-refractivity contribution in [3.8, 4) is 28.6 Å². The van der Waals surface area contributed by atoms with Gasteiger partial charge in [0.1, 0.15) is 5.69 Å². The van der Waals surface area contributed by atoms with Gasteiger partial charge in [-0.15, -0.1) is 0 Å². The lowest BCUT2D eigenvalue weighted by molar-refractivity contribution is 0.850. The zero-order valence-electron chi connectivity index (χ0n) is 27.9. The number of aromatic amines is 2. The Labute approximate surface area is 293 Å². The van der Waals surface area contributed by atoms with Crippen molar-refractivity contribution < 1.29 is 0 Å². The van der Waals surface area contributed by atoms with Crippen LogP contribution in [0, 0.1) is 0 Å². The summed E-state index contributed by atoms with van der Waals surface area (Å²) in [5, 5.41) is 11.0. The second-order valence-corrected chi connectivity index (χ2v) is 13.5. The lowest BCUT2D eigenvalue weighted by Gasteiger charge is -2.29. The highest BCUT2D eigenvalue weighted by atomic mass is 15.4. The number of benzene rings is 3. The van der Waals surface area contributed by atoms with Gasteiger partial charge in [0.05, 0.1) is 65.1 Å². The van der Waals surface area contributed by atoms with Crippen LogP contribution in [-0.4, -0.2) is 74.9 Å². The van der Waals surface area contributed by atoms with Crippen LogP contribution < -0.4 is 20.0 Å². The topological polar surface area (TPSA) is 101 Å². The van der Waals surface area contributed by atoms with E-state index in [1.807, 2.05) is 24.9 Å². The van der Waals surface area contributed by atoms with Gasteiger partial charge in [0, 0.05) is 60.5 Å². The molecule has 250 valence electrons. The molecule has 11 nitrogen and oxygen atoms in total. The highest BCUT2D eigenvalue weighted by Crippen LogP contribution is 2.52. The summed E-state index contributed by atoms with van der Waals surface area (Å²) in [6.07, 6.45) is 8.68. The number of hydrogen-bond donors (Lipinski definition) is 3. The molecule has 3 N–H and O–H groups in total. The van der Waals surface area contributed by atoms with Crippen molar-refractivity contribution in [3.05, 3.63) is 109 Å². The SMILES string of the molecule is C1=NCCN1c1c(N2CCNC2)cc2c(N3CCc4ccccc43)c(-c3cc4ccccc4[nH]3)c(-n3ncc4ccccc43)n2c1-c1ncc[nH]1. The summed E-state index contributed by atoms with van der Waals surface area (Å²) in [6, 6.07) is 30.5. The molecule has 8 heterocycles. The van der Waals surface area contributed by atoms with Crippen molar-refractivity contribution in [1.29, 1.82) is 0 Å². The second kappa shape index (κ2) is 11.1. The second-order valence-electron chi connectivity index (χ2n) is 13.5. The standard InChI is InChI=1S/C40H35N11/c1-4-10-29-27(8-1)21-30(46-29)35-36(49-18-13-26-7-2-5-11-31(26)49)34-22-33(47-19-16-41-24-47)37(48-20-17-42-25-48)38(39-43-14-15-44-39)50(34)40(35)51-32-12-6-3-9-28(32)23-45-51/h1-12,14-15,21-23,25,41,46H,13,16-20,24H2,(H,43,44). The van der Waals surface area contributed by atoms with Gasteiger partial charge in [-0.3, -0.25) is 14.7 Å². The van der Waals surface area contributed by atoms with Gasteiger partial charge in [0.2, 0.25) is 0 Å². The van der Waals surface area contributed by atoms with Gasteiger partial charge in [-0.05, 0) is 42.3 Å². The van der Waals surface area contributed by atoms with E-state index in [0.717, 1.165) is 119 Å². The van der Waals surface area contributed by atoms with Crippen LogP contribution in [0.3, 0.4) is 0 Å². The molecule has 3 aromatic carbocycles. The third-order valence-electron chi connectivity index (χ3n) is 10.7. The predicted octanol–water partition coefficient (Wildman–Crippen LogP) is 6.73. The molecule has 0 bridgehead atoms. The molecule has 1 saturated heterocycles. The first-order valence-corrected chi connectivity index (χ1v) is 17.7. The minimum atomic E-state index is 0.742. The Kier molecular flexibility index (Phi) is 6.20. The fourth-order valence-electron chi connectivity index (χ4n) is 8.39. The normalized spacial score (nSPS) is 15.8. The highest BCUT2D eigenvalue weighted by molar-refractivity contribution is 6.07. The minimum Gasteiger partial charge on any atom is -0.356 e. The van der Waals surface area contributed by atoms with E-state index < -0.39 is 0 Å². The summed E-state index contributed by atoms with van der Waals surface area (Å²) in [5.41, 5.74) is 12.3. The molecular formula is C40H35N11. The molecule has 8 aromatic rings. The molecule has 3 aliphatic rings. The molecule has 0 radical (unpaired) electrons. The maximum absolute atomic E-state index is 5.16. The smallest absolute Gasteiger partial charge is 0.156 e. The van der Waals surface area contributed by atoms with E-state index in [2.05, 4.69) is 124 Å². The van der Waals surface area contributed by atoms with Gasteiger partial charge >= 0.3 is 0 Å². The van der Waals surface area contributed by atoms with Crippen molar-refractivity contribution in [2.24, 2.45) is 4.99 Å². The average molecular weight is 670 g/mol. The van der Waals surface area contributed by atoms with E-state index in [1.165, 1.54) is 11.3 Å². The maximum Gasteiger partial charge on any atom is 0.156 e. The van der Waals surface area contributed by atoms with Gasteiger partial charge in [-0.25, -0.2) is 9.67 Å². The average Bonchev–Trinajstić information content (AvgIpc) is 4.02. The summed E-state index contributed by atoms with van der Waals surface area (Å²) >= 11 is 0. The van der Waals surface area contributed by atoms with Crippen LogP contribution in [0.5, 0.6) is 0 Å². The van der Waals surface area contributed by atoms with Crippen molar-refractivity contribution in [2.75, 3.05) is 54.1 Å². The van der Waals surface area contributed by atoms with Crippen LogP contribution >= 0.6 is 0 Å². The van der Waals surface area contributed by atoms with Gasteiger partial charge in [0.15, 0.2) is 11.6 Å². The van der Waals surface area contributed by atoms with E-state index >= 15 is 0 Å². The molecule has 11 rings (SSSR count). The summed E-state index contributed by atoms with van der Waals surface area (Å²) < 4.78 is 4.53. The fourth-order valence-corrected chi connectivity index (χ4v) is 8.39. The first-order valence-electron chi connectivity index (χ1n) is 17.7. The molecule has 0 atom stereocenters. The monoisotopic (exact) mass is 669 g/mol. The first kappa shape index (κ1) is 28.5. The molecule has 0 saturated carbocycles. The fraction of sp³-hybridized carbons (Fsp3) is 0.175. The number of nitrogens with one attached hydrogen (secondary N) is 3. The highest BCUT2D eigenvalue weighted by Gasteiger charge is 2.36. The number of imidazole rings is 1. The number of para-hydroxylation sites is 3. The molecule has 1 fully saturated rings. The zero-order chi connectivity index (χ0) is 33.5. The Morgan fingerprint density at radius 1 is 0.784 bits per heavy atom. The Morgan fingerprint density at radius 2 is 1.67 bits per heavy atom. The third-order valence-corrected chi connectivity index (χ3v) is 10.7. The Bertz CT molecular complexity index is 2600. The number of fused-ring (bicyclic) bond motifs is 4. The van der Waals surface area contributed by atoms with E-state index in [0.29, 0.717) is 0 Å². The van der Waals surface area contributed by atoms with Crippen LogP contribution in [0.4, 0.5) is 22.7 Å². The van der Waals surface area contributed by atoms with Crippen LogP contribution in [0.25, 0.3) is 55.9 Å². The number of rotatable bonds is 6. The largest absolute Gasteiger partial charge is 0.356 e. The predicted molar refractivity (Wildman–Crippen MR) is 205 cm³/mol. The van der Waals surface area contributed by atoms with Gasteiger partial charge in [-0.1, -0.05) is 54.6 Å². The maximum atomic E-state index is 5.16. The minimum absolute atomic E-state index is 0.742. The van der Waals surface area contributed by atoms with E-state index in [1.54, 1.807) is 0 Å². The molecule has 0 amide bonds. The number of aliphatic imine (C=N–C) groups is 1. The quantitative estimate of drug-likeness (QED) is 0.182. The van der Waals surface area contributed by atoms with Gasteiger partial charge in [-0.2, -0.15) is 5.10 Å². The lowest BCUT2D eigenvalue weighted by atomic mass is 10.1. The summed E-state index contributed by atoms with van der Waals surface area (Å²) in [4.78, 5) is 24.3. The van der Waals surface area contributed by atoms with Crippen LogP contribution in [0.15, 0.2) is 109 Å². The number of nitrogens with zero attached hydrogens (tertiary/aromatic N) is 8. The first-order chi connectivity index (χ1) is 25.3. The van der Waals surface area contributed by atoms with Crippen molar-refractivity contribution in [3.63, 3.8) is 0 Å². The van der Waals surface area contributed by atoms with Crippen LogP contribution in [0.2, 0.25) is 0 Å². The summed E-state index contributed by atoms with van der Waals surface area (Å²) in [5.74, 6) is 1.74. The van der Waals surface area contributed by atoms with E-state index in [9.17, 15) is 0 Å². The third kappa shape index (κ3) is 4.24. The number of pyridine rings is 1. The van der Waals surface area contributed by atoms with E-state index in [-0.39, 0.29) is 0 Å². The molecule has 11 heteroatoms. The molecule has 3 aliphatic heterocycles. The molecule has 0 spiro atoms. The molecule has 0 unspecified atom stereocenters. The molecule has 5 aromatic heterocycles. The van der Waals surface area contributed by atoms with Crippen LogP contribution in [-0.2, 0) is 6.42 Å². The summed E-state index contributed by atoms with van der Waals surface area (Å²) in [7, 11) is 0. The lowest BCUT2D eigenvalue weighted by Crippen LogP contribution is -2.28. The Balaban J connectivity index is 1.37. The van der Waals surface area contributed by atoms with Gasteiger partial charge in [0.25, 0.3) is 0 Å².